The molecular weight excluding hydrogens is 433 g/mol. The van der Waals surface area contributed by atoms with Gasteiger partial charge in [-0.3, -0.25) is 4.79 Å². The van der Waals surface area contributed by atoms with Gasteiger partial charge in [0.05, 0.1) is 36.4 Å². The second-order valence-corrected chi connectivity index (χ2v) is 7.63. The molecular formula is C20H17Cl2N3O3S. The van der Waals surface area contributed by atoms with Crippen LogP contribution in [0.5, 0.6) is 11.5 Å². The smallest absolute Gasteiger partial charge is 0.234 e. The Hall–Kier alpha value is -2.48. The van der Waals surface area contributed by atoms with Crippen molar-refractivity contribution in [2.45, 2.75) is 5.03 Å². The molecule has 0 saturated heterocycles. The monoisotopic (exact) mass is 449 g/mol. The summed E-state index contributed by atoms with van der Waals surface area (Å²) in [5.74, 6) is 1.20. The van der Waals surface area contributed by atoms with Crippen LogP contribution in [-0.2, 0) is 4.79 Å². The number of hydrogen-bond donors (Lipinski definition) is 1. The highest BCUT2D eigenvalue weighted by Gasteiger charge is 2.10. The van der Waals surface area contributed by atoms with Crippen molar-refractivity contribution in [2.24, 2.45) is 0 Å². The first-order chi connectivity index (χ1) is 14.0. The summed E-state index contributed by atoms with van der Waals surface area (Å²) >= 11 is 13.2. The fourth-order valence-electron chi connectivity index (χ4n) is 2.47. The van der Waals surface area contributed by atoms with Gasteiger partial charge >= 0.3 is 0 Å². The summed E-state index contributed by atoms with van der Waals surface area (Å²) in [5.41, 5.74) is 2.00. The molecule has 1 N–H and O–H groups in total. The number of aromatic nitrogens is 2. The Kier molecular flexibility index (Phi) is 7.19. The van der Waals surface area contributed by atoms with Crippen molar-refractivity contribution in [3.8, 4) is 22.8 Å². The predicted molar refractivity (Wildman–Crippen MR) is 116 cm³/mol. The van der Waals surface area contributed by atoms with E-state index in [1.165, 1.54) is 11.8 Å². The summed E-state index contributed by atoms with van der Waals surface area (Å²) in [6.07, 6.45) is 0. The Balaban J connectivity index is 1.62. The van der Waals surface area contributed by atoms with E-state index in [-0.39, 0.29) is 11.7 Å². The van der Waals surface area contributed by atoms with E-state index in [0.29, 0.717) is 38.0 Å². The zero-order chi connectivity index (χ0) is 20.8. The van der Waals surface area contributed by atoms with E-state index < -0.39 is 0 Å². The van der Waals surface area contributed by atoms with Crippen LogP contribution in [0.3, 0.4) is 0 Å². The minimum atomic E-state index is -0.218. The number of benzene rings is 2. The van der Waals surface area contributed by atoms with Gasteiger partial charge in [0.2, 0.25) is 5.91 Å². The third-order valence-corrected chi connectivity index (χ3v) is 5.36. The number of nitrogens with one attached hydrogen (secondary N) is 1. The van der Waals surface area contributed by atoms with Crippen molar-refractivity contribution >= 4 is 46.6 Å². The SMILES string of the molecule is COc1ccc(-c2ccc(SCC(=O)Nc3cc(Cl)ccc3Cl)nn2)cc1OC. The Morgan fingerprint density at radius 2 is 1.79 bits per heavy atom. The Labute approximate surface area is 182 Å². The summed E-state index contributed by atoms with van der Waals surface area (Å²) in [6, 6.07) is 14.0. The van der Waals surface area contributed by atoms with Gasteiger partial charge in [-0.05, 0) is 48.5 Å². The second kappa shape index (κ2) is 9.82. The standard InChI is InChI=1S/C20H17Cl2N3O3S/c1-27-17-7-3-12(9-18(17)28-2)15-6-8-20(25-24-15)29-11-19(26)23-16-10-13(21)4-5-14(16)22/h3-10H,11H2,1-2H3,(H,23,26). The highest BCUT2D eigenvalue weighted by Crippen LogP contribution is 2.31. The third kappa shape index (κ3) is 5.53. The Morgan fingerprint density at radius 1 is 1.00 bits per heavy atom. The molecule has 0 fully saturated rings. The lowest BCUT2D eigenvalue weighted by molar-refractivity contribution is -0.113. The lowest BCUT2D eigenvalue weighted by Crippen LogP contribution is -2.14. The largest absolute Gasteiger partial charge is 0.493 e. The van der Waals surface area contributed by atoms with Crippen molar-refractivity contribution in [2.75, 3.05) is 25.3 Å². The van der Waals surface area contributed by atoms with Crippen LogP contribution >= 0.6 is 35.0 Å². The van der Waals surface area contributed by atoms with Gasteiger partial charge in [-0.2, -0.15) is 0 Å². The third-order valence-electron chi connectivity index (χ3n) is 3.87. The zero-order valence-corrected chi connectivity index (χ0v) is 17.9. The van der Waals surface area contributed by atoms with Crippen molar-refractivity contribution in [3.05, 3.63) is 58.6 Å². The molecule has 0 aliphatic heterocycles. The van der Waals surface area contributed by atoms with E-state index in [9.17, 15) is 4.79 Å². The number of rotatable bonds is 7. The quantitative estimate of drug-likeness (QED) is 0.499. The van der Waals surface area contributed by atoms with E-state index in [1.54, 1.807) is 32.4 Å². The van der Waals surface area contributed by atoms with Crippen molar-refractivity contribution in [1.29, 1.82) is 0 Å². The fraction of sp³-hybridized carbons (Fsp3) is 0.150. The highest BCUT2D eigenvalue weighted by atomic mass is 35.5. The summed E-state index contributed by atoms with van der Waals surface area (Å²) < 4.78 is 10.6. The molecule has 3 aromatic rings. The lowest BCUT2D eigenvalue weighted by Gasteiger charge is -2.09. The first-order valence-electron chi connectivity index (χ1n) is 8.44. The number of hydrogen-bond acceptors (Lipinski definition) is 6. The van der Waals surface area contributed by atoms with Crippen LogP contribution in [0.4, 0.5) is 5.69 Å². The van der Waals surface area contributed by atoms with Gasteiger partial charge < -0.3 is 14.8 Å². The van der Waals surface area contributed by atoms with Crippen LogP contribution in [0.25, 0.3) is 11.3 Å². The summed E-state index contributed by atoms with van der Waals surface area (Å²) in [6.45, 7) is 0. The Bertz CT molecular complexity index is 1020. The van der Waals surface area contributed by atoms with E-state index in [0.717, 1.165) is 5.56 Å². The maximum atomic E-state index is 12.2. The molecule has 3 rings (SSSR count). The van der Waals surface area contributed by atoms with Gasteiger partial charge in [0, 0.05) is 10.6 Å². The van der Waals surface area contributed by atoms with Gasteiger partial charge in [0.25, 0.3) is 0 Å². The number of carbonyl (C=O) groups excluding carboxylic acids is 1. The molecule has 29 heavy (non-hydrogen) atoms. The van der Waals surface area contributed by atoms with Crippen LogP contribution in [0.1, 0.15) is 0 Å². The molecule has 9 heteroatoms. The first kappa shape index (κ1) is 21.2. The van der Waals surface area contributed by atoms with Gasteiger partial charge in [-0.1, -0.05) is 35.0 Å². The molecule has 0 aliphatic carbocycles. The summed E-state index contributed by atoms with van der Waals surface area (Å²) in [4.78, 5) is 12.2. The molecule has 0 spiro atoms. The average Bonchev–Trinajstić information content (AvgIpc) is 2.74. The number of carbonyl (C=O) groups is 1. The molecule has 1 aromatic heterocycles. The molecule has 6 nitrogen and oxygen atoms in total. The molecule has 1 heterocycles. The molecule has 2 aromatic carbocycles. The molecule has 0 radical (unpaired) electrons. The van der Waals surface area contributed by atoms with E-state index in [2.05, 4.69) is 15.5 Å². The first-order valence-corrected chi connectivity index (χ1v) is 10.2. The zero-order valence-electron chi connectivity index (χ0n) is 15.6. The van der Waals surface area contributed by atoms with E-state index in [4.69, 9.17) is 32.7 Å². The number of thioether (sulfide) groups is 1. The lowest BCUT2D eigenvalue weighted by atomic mass is 10.1. The van der Waals surface area contributed by atoms with Crippen LogP contribution in [0.15, 0.2) is 53.6 Å². The molecule has 0 saturated carbocycles. The molecule has 0 bridgehead atoms. The number of amides is 1. The van der Waals surface area contributed by atoms with Crippen LogP contribution in [0.2, 0.25) is 10.0 Å². The number of halogens is 2. The minimum Gasteiger partial charge on any atom is -0.493 e. The van der Waals surface area contributed by atoms with Gasteiger partial charge in [-0.15, -0.1) is 10.2 Å². The number of ether oxygens (including phenoxy) is 2. The number of methoxy groups -OCH3 is 2. The normalized spacial score (nSPS) is 10.5. The summed E-state index contributed by atoms with van der Waals surface area (Å²) in [7, 11) is 3.16. The van der Waals surface area contributed by atoms with Crippen LogP contribution in [0, 0.1) is 0 Å². The maximum absolute atomic E-state index is 12.2. The molecule has 0 aliphatic rings. The number of anilines is 1. The molecule has 0 unspecified atom stereocenters. The maximum Gasteiger partial charge on any atom is 0.234 e. The highest BCUT2D eigenvalue weighted by molar-refractivity contribution is 7.99. The topological polar surface area (TPSA) is 73.3 Å². The van der Waals surface area contributed by atoms with Crippen LogP contribution < -0.4 is 14.8 Å². The summed E-state index contributed by atoms with van der Waals surface area (Å²) in [5, 5.41) is 12.7. The Morgan fingerprint density at radius 3 is 2.48 bits per heavy atom. The predicted octanol–water partition coefficient (Wildman–Crippen LogP) is 5.20. The number of nitrogens with zero attached hydrogens (tertiary/aromatic N) is 2. The average molecular weight is 450 g/mol. The van der Waals surface area contributed by atoms with Crippen LogP contribution in [-0.4, -0.2) is 36.1 Å². The second-order valence-electron chi connectivity index (χ2n) is 5.79. The van der Waals surface area contributed by atoms with Gasteiger partial charge in [-0.25, -0.2) is 0 Å². The fourth-order valence-corrected chi connectivity index (χ4v) is 3.42. The van der Waals surface area contributed by atoms with Crippen molar-refractivity contribution in [1.82, 2.24) is 10.2 Å². The van der Waals surface area contributed by atoms with E-state index >= 15 is 0 Å². The van der Waals surface area contributed by atoms with E-state index in [1.807, 2.05) is 30.3 Å². The van der Waals surface area contributed by atoms with Crippen molar-refractivity contribution < 1.29 is 14.3 Å². The molecule has 0 atom stereocenters. The van der Waals surface area contributed by atoms with Gasteiger partial charge in [0.15, 0.2) is 11.5 Å². The minimum absolute atomic E-state index is 0.160. The van der Waals surface area contributed by atoms with Gasteiger partial charge in [0.1, 0.15) is 5.03 Å². The van der Waals surface area contributed by atoms with Crippen molar-refractivity contribution in [3.63, 3.8) is 0 Å². The molecule has 150 valence electrons. The molecule has 1 amide bonds.